The molecule has 3 N–H and O–H groups in total. The average molecular weight is 244 g/mol. The fraction of sp³-hybridized carbons (Fsp3) is 0.917. The highest BCUT2D eigenvalue weighted by Crippen LogP contribution is 2.31. The number of carbonyl (C=O) groups excluding carboxylic acids is 1. The van der Waals surface area contributed by atoms with Crippen LogP contribution in [-0.2, 0) is 9.53 Å². The predicted octanol–water partition coefficient (Wildman–Crippen LogP) is -0.109. The normalized spacial score (nSPS) is 23.9. The summed E-state index contributed by atoms with van der Waals surface area (Å²) in [6.07, 6.45) is 2.88. The van der Waals surface area contributed by atoms with Crippen LogP contribution in [-0.4, -0.2) is 50.5 Å². The minimum Gasteiger partial charge on any atom is -0.394 e. The van der Waals surface area contributed by atoms with E-state index in [-0.39, 0.29) is 17.9 Å². The van der Waals surface area contributed by atoms with Gasteiger partial charge in [0.05, 0.1) is 25.2 Å². The van der Waals surface area contributed by atoms with E-state index >= 15 is 0 Å². The minimum atomic E-state index is -0.217. The van der Waals surface area contributed by atoms with E-state index in [0.717, 1.165) is 32.4 Å². The first kappa shape index (κ1) is 14.4. The van der Waals surface area contributed by atoms with Crippen LogP contribution in [0.25, 0.3) is 0 Å². The van der Waals surface area contributed by atoms with Gasteiger partial charge in [0, 0.05) is 13.1 Å². The van der Waals surface area contributed by atoms with Crippen molar-refractivity contribution < 1.29 is 14.6 Å². The molecule has 17 heavy (non-hydrogen) atoms. The van der Waals surface area contributed by atoms with Crippen LogP contribution in [0.4, 0.5) is 0 Å². The van der Waals surface area contributed by atoms with Crippen molar-refractivity contribution >= 4 is 5.91 Å². The average Bonchev–Trinajstić information content (AvgIpc) is 2.79. The molecule has 1 saturated heterocycles. The van der Waals surface area contributed by atoms with Crippen molar-refractivity contribution in [2.45, 2.75) is 26.2 Å². The van der Waals surface area contributed by atoms with E-state index < -0.39 is 0 Å². The topological polar surface area (TPSA) is 70.6 Å². The van der Waals surface area contributed by atoms with Crippen LogP contribution < -0.4 is 10.6 Å². The molecule has 1 fully saturated rings. The molecule has 0 spiro atoms. The summed E-state index contributed by atoms with van der Waals surface area (Å²) < 4.78 is 5.11. The third kappa shape index (κ3) is 4.26. The molecule has 1 rings (SSSR count). The molecule has 5 nitrogen and oxygen atoms in total. The summed E-state index contributed by atoms with van der Waals surface area (Å²) in [5, 5.41) is 14.7. The van der Waals surface area contributed by atoms with Gasteiger partial charge in [-0.25, -0.2) is 0 Å². The van der Waals surface area contributed by atoms with Crippen molar-refractivity contribution in [3.05, 3.63) is 0 Å². The molecule has 1 heterocycles. The molecule has 0 aliphatic carbocycles. The third-order valence-electron chi connectivity index (χ3n) is 3.22. The standard InChI is InChI=1S/C12H24N2O3/c1-2-3-12(4-5-13-10-12)11(16)14-6-8-17-9-7-15/h13,15H,2-10H2,1H3,(H,14,16). The molecule has 1 aliphatic heterocycles. The number of hydrogen-bond donors (Lipinski definition) is 3. The van der Waals surface area contributed by atoms with Gasteiger partial charge >= 0.3 is 0 Å². The smallest absolute Gasteiger partial charge is 0.227 e. The lowest BCUT2D eigenvalue weighted by atomic mass is 9.81. The zero-order chi connectivity index (χ0) is 12.6. The van der Waals surface area contributed by atoms with E-state index in [1.807, 2.05) is 0 Å². The first-order chi connectivity index (χ1) is 8.25. The number of ether oxygens (including phenoxy) is 1. The number of hydrogen-bond acceptors (Lipinski definition) is 4. The number of rotatable bonds is 8. The van der Waals surface area contributed by atoms with Crippen LogP contribution >= 0.6 is 0 Å². The molecule has 5 heteroatoms. The van der Waals surface area contributed by atoms with Gasteiger partial charge in [-0.2, -0.15) is 0 Å². The van der Waals surface area contributed by atoms with Gasteiger partial charge in [-0.05, 0) is 19.4 Å². The van der Waals surface area contributed by atoms with Crippen LogP contribution in [0.3, 0.4) is 0 Å². The summed E-state index contributed by atoms with van der Waals surface area (Å²) in [5.74, 6) is 0.136. The van der Waals surface area contributed by atoms with Gasteiger partial charge in [0.15, 0.2) is 0 Å². The van der Waals surface area contributed by atoms with Gasteiger partial charge in [0.2, 0.25) is 5.91 Å². The molecule has 100 valence electrons. The summed E-state index contributed by atoms with van der Waals surface area (Å²) >= 11 is 0. The molecule has 0 aromatic carbocycles. The molecule has 1 atom stereocenters. The molecule has 1 unspecified atom stereocenters. The maximum absolute atomic E-state index is 12.1. The van der Waals surface area contributed by atoms with Crippen LogP contribution in [0.15, 0.2) is 0 Å². The Morgan fingerprint density at radius 2 is 2.35 bits per heavy atom. The van der Waals surface area contributed by atoms with Gasteiger partial charge in [0.25, 0.3) is 0 Å². The first-order valence-electron chi connectivity index (χ1n) is 6.43. The fourth-order valence-electron chi connectivity index (χ4n) is 2.33. The van der Waals surface area contributed by atoms with Crippen molar-refractivity contribution in [1.29, 1.82) is 0 Å². The SMILES string of the molecule is CCCC1(C(=O)NCCOCCO)CCNC1. The van der Waals surface area contributed by atoms with E-state index in [4.69, 9.17) is 9.84 Å². The second kappa shape index (κ2) is 7.63. The molecule has 1 aliphatic rings. The van der Waals surface area contributed by atoms with Gasteiger partial charge < -0.3 is 20.5 Å². The Morgan fingerprint density at radius 3 is 2.94 bits per heavy atom. The third-order valence-corrected chi connectivity index (χ3v) is 3.22. The van der Waals surface area contributed by atoms with E-state index in [0.29, 0.717) is 19.8 Å². The van der Waals surface area contributed by atoms with Crippen molar-refractivity contribution in [2.75, 3.05) is 39.5 Å². The highest BCUT2D eigenvalue weighted by atomic mass is 16.5. The van der Waals surface area contributed by atoms with Crippen LogP contribution in [0, 0.1) is 5.41 Å². The number of aliphatic hydroxyl groups excluding tert-OH is 1. The zero-order valence-corrected chi connectivity index (χ0v) is 10.6. The van der Waals surface area contributed by atoms with E-state index in [1.165, 1.54) is 0 Å². The lowest BCUT2D eigenvalue weighted by Crippen LogP contribution is -2.43. The molecule has 0 saturated carbocycles. The second-order valence-electron chi connectivity index (χ2n) is 4.55. The van der Waals surface area contributed by atoms with Gasteiger partial charge in [0.1, 0.15) is 0 Å². The second-order valence-corrected chi connectivity index (χ2v) is 4.55. The number of aliphatic hydroxyl groups is 1. The Balaban J connectivity index is 2.28. The van der Waals surface area contributed by atoms with Gasteiger partial charge in [-0.15, -0.1) is 0 Å². The summed E-state index contributed by atoms with van der Waals surface area (Å²) in [7, 11) is 0. The first-order valence-corrected chi connectivity index (χ1v) is 6.43. The number of carbonyl (C=O) groups is 1. The van der Waals surface area contributed by atoms with E-state index in [2.05, 4.69) is 17.6 Å². The Labute approximate surface area is 103 Å². The van der Waals surface area contributed by atoms with Crippen LogP contribution in [0.5, 0.6) is 0 Å². The monoisotopic (exact) mass is 244 g/mol. The molecule has 0 bridgehead atoms. The molecular weight excluding hydrogens is 220 g/mol. The van der Waals surface area contributed by atoms with E-state index in [1.54, 1.807) is 0 Å². The van der Waals surface area contributed by atoms with Crippen molar-refractivity contribution in [2.24, 2.45) is 5.41 Å². The number of nitrogens with one attached hydrogen (secondary N) is 2. The van der Waals surface area contributed by atoms with Crippen molar-refractivity contribution in [3.8, 4) is 0 Å². The quantitative estimate of drug-likeness (QED) is 0.521. The Kier molecular flexibility index (Phi) is 6.47. The van der Waals surface area contributed by atoms with Crippen molar-refractivity contribution in [3.63, 3.8) is 0 Å². The van der Waals surface area contributed by atoms with E-state index in [9.17, 15) is 4.79 Å². The Bertz CT molecular complexity index is 228. The van der Waals surface area contributed by atoms with Crippen molar-refractivity contribution in [1.82, 2.24) is 10.6 Å². The van der Waals surface area contributed by atoms with Crippen LogP contribution in [0.2, 0.25) is 0 Å². The highest BCUT2D eigenvalue weighted by Gasteiger charge is 2.39. The Hall–Kier alpha value is -0.650. The minimum absolute atomic E-state index is 0.0254. The fourth-order valence-corrected chi connectivity index (χ4v) is 2.33. The lowest BCUT2D eigenvalue weighted by Gasteiger charge is -2.26. The Morgan fingerprint density at radius 1 is 1.53 bits per heavy atom. The molecule has 1 amide bonds. The van der Waals surface area contributed by atoms with Gasteiger partial charge in [-0.1, -0.05) is 13.3 Å². The van der Waals surface area contributed by atoms with Gasteiger partial charge in [-0.3, -0.25) is 4.79 Å². The maximum Gasteiger partial charge on any atom is 0.227 e. The number of amides is 1. The molecule has 0 aromatic heterocycles. The maximum atomic E-state index is 12.1. The predicted molar refractivity (Wildman–Crippen MR) is 65.7 cm³/mol. The summed E-state index contributed by atoms with van der Waals surface area (Å²) in [5.41, 5.74) is -0.217. The zero-order valence-electron chi connectivity index (χ0n) is 10.6. The molecule has 0 radical (unpaired) electrons. The summed E-state index contributed by atoms with van der Waals surface area (Å²) in [6.45, 7) is 5.15. The van der Waals surface area contributed by atoms with Crippen LogP contribution in [0.1, 0.15) is 26.2 Å². The molecule has 0 aromatic rings. The lowest BCUT2D eigenvalue weighted by molar-refractivity contribution is -0.130. The highest BCUT2D eigenvalue weighted by molar-refractivity contribution is 5.83. The largest absolute Gasteiger partial charge is 0.394 e. The summed E-state index contributed by atoms with van der Waals surface area (Å²) in [4.78, 5) is 12.1. The summed E-state index contributed by atoms with van der Waals surface area (Å²) in [6, 6.07) is 0. The molecular formula is C12H24N2O3.